The van der Waals surface area contributed by atoms with E-state index in [-0.39, 0.29) is 0 Å². The lowest BCUT2D eigenvalue weighted by atomic mass is 10.0. The van der Waals surface area contributed by atoms with Crippen molar-refractivity contribution in [2.24, 2.45) is 0 Å². The molecule has 0 aromatic heterocycles. The molecule has 0 spiro atoms. The minimum atomic E-state index is 0.431. The standard InChI is InChI=1S/C17H19NO2/c1-19-16-8-4-2-6-13(16)10-18-11-14-12-20-17-9-5-3-7-15(14)17/h2-9,14,18H,10-12H2,1H3. The highest BCUT2D eigenvalue weighted by atomic mass is 16.5. The van der Waals surface area contributed by atoms with E-state index in [0.717, 1.165) is 31.2 Å². The first-order valence-electron chi connectivity index (χ1n) is 6.93. The SMILES string of the molecule is COc1ccccc1CNCC1COc2ccccc21. The lowest BCUT2D eigenvalue weighted by Gasteiger charge is -2.12. The summed E-state index contributed by atoms with van der Waals surface area (Å²) in [6.07, 6.45) is 0. The number of para-hydroxylation sites is 2. The fourth-order valence-electron chi connectivity index (χ4n) is 2.63. The van der Waals surface area contributed by atoms with Crippen LogP contribution in [0.2, 0.25) is 0 Å². The number of nitrogens with one attached hydrogen (secondary N) is 1. The van der Waals surface area contributed by atoms with Crippen molar-refractivity contribution in [3.63, 3.8) is 0 Å². The largest absolute Gasteiger partial charge is 0.496 e. The summed E-state index contributed by atoms with van der Waals surface area (Å²) < 4.78 is 11.1. The zero-order chi connectivity index (χ0) is 13.8. The number of hydrogen-bond donors (Lipinski definition) is 1. The maximum Gasteiger partial charge on any atom is 0.123 e. The van der Waals surface area contributed by atoms with Gasteiger partial charge in [0, 0.05) is 30.1 Å². The summed E-state index contributed by atoms with van der Waals surface area (Å²) in [5.41, 5.74) is 2.49. The molecule has 3 rings (SSSR count). The summed E-state index contributed by atoms with van der Waals surface area (Å²) in [6.45, 7) is 2.48. The van der Waals surface area contributed by atoms with Gasteiger partial charge in [-0.2, -0.15) is 0 Å². The molecule has 2 aromatic carbocycles. The second-order valence-corrected chi connectivity index (χ2v) is 4.99. The maximum atomic E-state index is 5.69. The van der Waals surface area contributed by atoms with Gasteiger partial charge in [-0.05, 0) is 12.1 Å². The van der Waals surface area contributed by atoms with Crippen LogP contribution >= 0.6 is 0 Å². The molecule has 1 aliphatic rings. The van der Waals surface area contributed by atoms with E-state index < -0.39 is 0 Å². The minimum absolute atomic E-state index is 0.431. The van der Waals surface area contributed by atoms with Crippen molar-refractivity contribution in [1.29, 1.82) is 0 Å². The Hall–Kier alpha value is -2.00. The summed E-state index contributed by atoms with van der Waals surface area (Å²) in [5, 5.41) is 3.50. The number of benzene rings is 2. The van der Waals surface area contributed by atoms with Crippen molar-refractivity contribution in [3.05, 3.63) is 59.7 Å². The van der Waals surface area contributed by atoms with E-state index in [2.05, 4.69) is 23.5 Å². The van der Waals surface area contributed by atoms with Crippen LogP contribution in [0.25, 0.3) is 0 Å². The topological polar surface area (TPSA) is 30.5 Å². The van der Waals surface area contributed by atoms with Gasteiger partial charge in [0.05, 0.1) is 13.7 Å². The molecule has 0 bridgehead atoms. The van der Waals surface area contributed by atoms with Crippen molar-refractivity contribution in [2.45, 2.75) is 12.5 Å². The summed E-state index contributed by atoms with van der Waals surface area (Å²) in [6, 6.07) is 16.4. The van der Waals surface area contributed by atoms with Crippen molar-refractivity contribution < 1.29 is 9.47 Å². The number of fused-ring (bicyclic) bond motifs is 1. The first-order chi connectivity index (χ1) is 9.88. The molecule has 1 unspecified atom stereocenters. The van der Waals surface area contributed by atoms with Crippen LogP contribution in [-0.2, 0) is 6.54 Å². The number of hydrogen-bond acceptors (Lipinski definition) is 3. The summed E-state index contributed by atoms with van der Waals surface area (Å²) in [4.78, 5) is 0. The van der Waals surface area contributed by atoms with Gasteiger partial charge in [0.1, 0.15) is 11.5 Å². The van der Waals surface area contributed by atoms with Crippen LogP contribution in [0.4, 0.5) is 0 Å². The lowest BCUT2D eigenvalue weighted by molar-refractivity contribution is 0.326. The van der Waals surface area contributed by atoms with Crippen molar-refractivity contribution in [3.8, 4) is 11.5 Å². The monoisotopic (exact) mass is 269 g/mol. The van der Waals surface area contributed by atoms with Crippen LogP contribution in [0.3, 0.4) is 0 Å². The molecule has 1 N–H and O–H groups in total. The minimum Gasteiger partial charge on any atom is -0.496 e. The molecule has 1 aliphatic heterocycles. The first-order valence-corrected chi connectivity index (χ1v) is 6.93. The Labute approximate surface area is 119 Å². The molecule has 0 radical (unpaired) electrons. The van der Waals surface area contributed by atoms with E-state index in [0.29, 0.717) is 5.92 Å². The van der Waals surface area contributed by atoms with E-state index in [1.807, 2.05) is 30.3 Å². The quantitative estimate of drug-likeness (QED) is 0.905. The fraction of sp³-hybridized carbons (Fsp3) is 0.294. The van der Waals surface area contributed by atoms with E-state index in [1.165, 1.54) is 11.1 Å². The summed E-state index contributed by atoms with van der Waals surface area (Å²) in [5.74, 6) is 2.39. The van der Waals surface area contributed by atoms with Gasteiger partial charge in [0.25, 0.3) is 0 Å². The third kappa shape index (κ3) is 2.63. The molecule has 20 heavy (non-hydrogen) atoms. The Balaban J connectivity index is 1.59. The highest BCUT2D eigenvalue weighted by Gasteiger charge is 2.22. The molecule has 1 heterocycles. The Kier molecular flexibility index (Phi) is 3.88. The molecule has 1 atom stereocenters. The van der Waals surface area contributed by atoms with Gasteiger partial charge in [0.2, 0.25) is 0 Å². The molecule has 3 nitrogen and oxygen atoms in total. The predicted octanol–water partition coefficient (Wildman–Crippen LogP) is 2.96. The van der Waals surface area contributed by atoms with Crippen molar-refractivity contribution in [1.82, 2.24) is 5.32 Å². The number of ether oxygens (including phenoxy) is 2. The summed E-state index contributed by atoms with van der Waals surface area (Å²) >= 11 is 0. The molecule has 104 valence electrons. The van der Waals surface area contributed by atoms with E-state index in [9.17, 15) is 0 Å². The van der Waals surface area contributed by atoms with E-state index >= 15 is 0 Å². The fourth-order valence-corrected chi connectivity index (χ4v) is 2.63. The second-order valence-electron chi connectivity index (χ2n) is 4.99. The van der Waals surface area contributed by atoms with Crippen LogP contribution in [0, 0.1) is 0 Å². The maximum absolute atomic E-state index is 5.69. The van der Waals surface area contributed by atoms with Gasteiger partial charge in [-0.3, -0.25) is 0 Å². The Morgan fingerprint density at radius 1 is 1.15 bits per heavy atom. The van der Waals surface area contributed by atoms with Crippen LogP contribution in [0.15, 0.2) is 48.5 Å². The molecule has 0 fully saturated rings. The van der Waals surface area contributed by atoms with Gasteiger partial charge in [0.15, 0.2) is 0 Å². The van der Waals surface area contributed by atoms with Gasteiger partial charge < -0.3 is 14.8 Å². The highest BCUT2D eigenvalue weighted by Crippen LogP contribution is 2.32. The van der Waals surface area contributed by atoms with Crippen LogP contribution in [0.1, 0.15) is 17.0 Å². The Bertz CT molecular complexity index is 583. The molecular formula is C17H19NO2. The van der Waals surface area contributed by atoms with Crippen LogP contribution < -0.4 is 14.8 Å². The summed E-state index contributed by atoms with van der Waals surface area (Å²) in [7, 11) is 1.71. The van der Waals surface area contributed by atoms with Gasteiger partial charge >= 0.3 is 0 Å². The first kappa shape index (κ1) is 13.0. The van der Waals surface area contributed by atoms with Gasteiger partial charge in [-0.15, -0.1) is 0 Å². The zero-order valence-corrected chi connectivity index (χ0v) is 11.6. The second kappa shape index (κ2) is 5.97. The van der Waals surface area contributed by atoms with Gasteiger partial charge in [-0.1, -0.05) is 36.4 Å². The molecule has 0 saturated carbocycles. The molecule has 3 heteroatoms. The van der Waals surface area contributed by atoms with Gasteiger partial charge in [-0.25, -0.2) is 0 Å². The van der Waals surface area contributed by atoms with E-state index in [4.69, 9.17) is 9.47 Å². The van der Waals surface area contributed by atoms with E-state index in [1.54, 1.807) is 7.11 Å². The predicted molar refractivity (Wildman–Crippen MR) is 79.4 cm³/mol. The third-order valence-corrected chi connectivity index (χ3v) is 3.70. The van der Waals surface area contributed by atoms with Crippen LogP contribution in [-0.4, -0.2) is 20.3 Å². The number of methoxy groups -OCH3 is 1. The zero-order valence-electron chi connectivity index (χ0n) is 11.6. The molecule has 0 aliphatic carbocycles. The smallest absolute Gasteiger partial charge is 0.123 e. The van der Waals surface area contributed by atoms with Crippen molar-refractivity contribution >= 4 is 0 Å². The Morgan fingerprint density at radius 3 is 2.85 bits per heavy atom. The highest BCUT2D eigenvalue weighted by molar-refractivity contribution is 5.40. The van der Waals surface area contributed by atoms with Crippen molar-refractivity contribution in [2.75, 3.05) is 20.3 Å². The van der Waals surface area contributed by atoms with Crippen LogP contribution in [0.5, 0.6) is 11.5 Å². The molecule has 2 aromatic rings. The molecule has 0 saturated heterocycles. The lowest BCUT2D eigenvalue weighted by Crippen LogP contribution is -2.22. The average molecular weight is 269 g/mol. The molecule has 0 amide bonds. The third-order valence-electron chi connectivity index (χ3n) is 3.70. The normalized spacial score (nSPS) is 16.6. The molecular weight excluding hydrogens is 250 g/mol. The number of rotatable bonds is 5. The Morgan fingerprint density at radius 2 is 1.95 bits per heavy atom. The average Bonchev–Trinajstić information content (AvgIpc) is 2.91.